The maximum atomic E-state index is 12.9. The quantitative estimate of drug-likeness (QED) is 0.726. The van der Waals surface area contributed by atoms with Crippen LogP contribution < -0.4 is 9.64 Å². The lowest BCUT2D eigenvalue weighted by Crippen LogP contribution is -2.37. The van der Waals surface area contributed by atoms with Gasteiger partial charge in [-0.25, -0.2) is 0 Å². The molecular formula is C19H16N2O2. The van der Waals surface area contributed by atoms with E-state index in [1.807, 2.05) is 77.6 Å². The van der Waals surface area contributed by atoms with Gasteiger partial charge in [0.1, 0.15) is 12.4 Å². The van der Waals surface area contributed by atoms with Crippen LogP contribution in [-0.4, -0.2) is 23.6 Å². The van der Waals surface area contributed by atoms with Crippen LogP contribution in [0.4, 0.5) is 5.69 Å². The Bertz CT molecular complexity index is 840. The monoisotopic (exact) mass is 304 g/mol. The summed E-state index contributed by atoms with van der Waals surface area (Å²) in [5, 5.41) is 0. The number of hydrogen-bond donors (Lipinski definition) is 0. The Morgan fingerprint density at radius 1 is 0.957 bits per heavy atom. The fourth-order valence-corrected chi connectivity index (χ4v) is 2.84. The van der Waals surface area contributed by atoms with Crippen molar-refractivity contribution in [2.75, 3.05) is 18.1 Å². The van der Waals surface area contributed by atoms with Gasteiger partial charge < -0.3 is 14.2 Å². The highest BCUT2D eigenvalue weighted by Crippen LogP contribution is 2.32. The first-order valence-corrected chi connectivity index (χ1v) is 7.60. The SMILES string of the molecule is O=C(c1cccc(-n2cccc2)c1)N1CCOc2ccccc21. The number of aromatic nitrogens is 1. The lowest BCUT2D eigenvalue weighted by atomic mass is 10.1. The Kier molecular flexibility index (Phi) is 3.35. The van der Waals surface area contributed by atoms with Crippen molar-refractivity contribution in [3.63, 3.8) is 0 Å². The number of amides is 1. The van der Waals surface area contributed by atoms with Gasteiger partial charge in [0.25, 0.3) is 5.91 Å². The molecule has 0 saturated heterocycles. The van der Waals surface area contributed by atoms with Gasteiger partial charge in [0, 0.05) is 23.6 Å². The van der Waals surface area contributed by atoms with Crippen LogP contribution in [-0.2, 0) is 0 Å². The number of nitrogens with zero attached hydrogens (tertiary/aromatic N) is 2. The van der Waals surface area contributed by atoms with Crippen LogP contribution in [0.2, 0.25) is 0 Å². The number of rotatable bonds is 2. The molecule has 0 saturated carbocycles. The van der Waals surface area contributed by atoms with E-state index in [1.54, 1.807) is 4.90 Å². The van der Waals surface area contributed by atoms with E-state index in [1.165, 1.54) is 0 Å². The topological polar surface area (TPSA) is 34.5 Å². The lowest BCUT2D eigenvalue weighted by molar-refractivity contribution is 0.0976. The van der Waals surface area contributed by atoms with E-state index in [0.29, 0.717) is 18.7 Å². The molecule has 0 radical (unpaired) electrons. The number of benzene rings is 2. The Morgan fingerprint density at radius 3 is 2.65 bits per heavy atom. The Hall–Kier alpha value is -3.01. The van der Waals surface area contributed by atoms with E-state index in [4.69, 9.17) is 4.74 Å². The van der Waals surface area contributed by atoms with E-state index in [9.17, 15) is 4.79 Å². The van der Waals surface area contributed by atoms with Crippen molar-refractivity contribution < 1.29 is 9.53 Å². The molecule has 0 aliphatic carbocycles. The molecule has 0 N–H and O–H groups in total. The minimum Gasteiger partial charge on any atom is -0.490 e. The molecular weight excluding hydrogens is 288 g/mol. The van der Waals surface area contributed by atoms with E-state index in [-0.39, 0.29) is 5.91 Å². The molecule has 4 nitrogen and oxygen atoms in total. The van der Waals surface area contributed by atoms with Crippen LogP contribution in [0.25, 0.3) is 5.69 Å². The third-order valence-corrected chi connectivity index (χ3v) is 3.97. The molecule has 114 valence electrons. The van der Waals surface area contributed by atoms with E-state index < -0.39 is 0 Å². The molecule has 0 bridgehead atoms. The summed E-state index contributed by atoms with van der Waals surface area (Å²) in [7, 11) is 0. The Labute approximate surface area is 134 Å². The van der Waals surface area contributed by atoms with Crippen molar-refractivity contribution in [2.24, 2.45) is 0 Å². The molecule has 0 spiro atoms. The zero-order chi connectivity index (χ0) is 15.6. The van der Waals surface area contributed by atoms with E-state index in [0.717, 1.165) is 17.1 Å². The number of fused-ring (bicyclic) bond motifs is 1. The van der Waals surface area contributed by atoms with Crippen LogP contribution >= 0.6 is 0 Å². The summed E-state index contributed by atoms with van der Waals surface area (Å²) in [4.78, 5) is 14.7. The highest BCUT2D eigenvalue weighted by molar-refractivity contribution is 6.07. The number of hydrogen-bond acceptors (Lipinski definition) is 2. The molecule has 4 rings (SSSR count). The van der Waals surface area contributed by atoms with Gasteiger partial charge in [0.15, 0.2) is 0 Å². The van der Waals surface area contributed by atoms with Crippen molar-refractivity contribution in [3.05, 3.63) is 78.6 Å². The van der Waals surface area contributed by atoms with Crippen molar-refractivity contribution in [1.29, 1.82) is 0 Å². The summed E-state index contributed by atoms with van der Waals surface area (Å²) in [5.74, 6) is 0.753. The largest absolute Gasteiger partial charge is 0.490 e. The number of para-hydroxylation sites is 2. The molecule has 1 amide bonds. The maximum Gasteiger partial charge on any atom is 0.258 e. The highest BCUT2D eigenvalue weighted by atomic mass is 16.5. The molecule has 4 heteroatoms. The molecule has 3 aromatic rings. The predicted octanol–water partition coefficient (Wildman–Crippen LogP) is 3.52. The lowest BCUT2D eigenvalue weighted by Gasteiger charge is -2.29. The van der Waals surface area contributed by atoms with Crippen LogP contribution in [0, 0.1) is 0 Å². The minimum atomic E-state index is -0.00486. The third kappa shape index (κ3) is 2.48. The second-order valence-corrected chi connectivity index (χ2v) is 5.41. The highest BCUT2D eigenvalue weighted by Gasteiger charge is 2.24. The van der Waals surface area contributed by atoms with Gasteiger partial charge in [-0.05, 0) is 42.5 Å². The number of anilines is 1. The summed E-state index contributed by atoms with van der Waals surface area (Å²) in [6.07, 6.45) is 3.93. The molecule has 23 heavy (non-hydrogen) atoms. The first-order valence-electron chi connectivity index (χ1n) is 7.60. The van der Waals surface area contributed by atoms with Crippen LogP contribution in [0.15, 0.2) is 73.1 Å². The van der Waals surface area contributed by atoms with Gasteiger partial charge in [-0.1, -0.05) is 18.2 Å². The Balaban J connectivity index is 1.69. The molecule has 2 heterocycles. The average molecular weight is 304 g/mol. The Morgan fingerprint density at radius 2 is 1.78 bits per heavy atom. The summed E-state index contributed by atoms with van der Waals surface area (Å²) in [6, 6.07) is 19.3. The predicted molar refractivity (Wildman–Crippen MR) is 89.4 cm³/mol. The standard InChI is InChI=1S/C19H16N2O2/c22-19(21-12-13-23-18-9-2-1-8-17(18)21)15-6-5-7-16(14-15)20-10-3-4-11-20/h1-11,14H,12-13H2. The number of ether oxygens (including phenoxy) is 1. The van der Waals surface area contributed by atoms with Gasteiger partial charge in [-0.3, -0.25) is 4.79 Å². The molecule has 2 aromatic carbocycles. The average Bonchev–Trinajstić information content (AvgIpc) is 3.15. The smallest absolute Gasteiger partial charge is 0.258 e. The molecule has 0 unspecified atom stereocenters. The fourth-order valence-electron chi connectivity index (χ4n) is 2.84. The van der Waals surface area contributed by atoms with Gasteiger partial charge >= 0.3 is 0 Å². The summed E-state index contributed by atoms with van der Waals surface area (Å²) in [5.41, 5.74) is 2.48. The number of carbonyl (C=O) groups is 1. The number of carbonyl (C=O) groups excluding carboxylic acids is 1. The van der Waals surface area contributed by atoms with Crippen LogP contribution in [0.5, 0.6) is 5.75 Å². The summed E-state index contributed by atoms with van der Waals surface area (Å²) >= 11 is 0. The van der Waals surface area contributed by atoms with Crippen molar-refractivity contribution in [2.45, 2.75) is 0 Å². The summed E-state index contributed by atoms with van der Waals surface area (Å²) in [6.45, 7) is 1.07. The molecule has 0 fully saturated rings. The van der Waals surface area contributed by atoms with Gasteiger partial charge in [0.2, 0.25) is 0 Å². The van der Waals surface area contributed by atoms with Gasteiger partial charge in [0.05, 0.1) is 12.2 Å². The van der Waals surface area contributed by atoms with E-state index in [2.05, 4.69) is 0 Å². The third-order valence-electron chi connectivity index (χ3n) is 3.97. The van der Waals surface area contributed by atoms with E-state index >= 15 is 0 Å². The van der Waals surface area contributed by atoms with Crippen molar-refractivity contribution in [1.82, 2.24) is 4.57 Å². The zero-order valence-corrected chi connectivity index (χ0v) is 12.6. The second kappa shape index (κ2) is 5.65. The normalized spacial score (nSPS) is 13.3. The summed E-state index contributed by atoms with van der Waals surface area (Å²) < 4.78 is 7.61. The minimum absolute atomic E-state index is 0.00486. The fraction of sp³-hybridized carbons (Fsp3) is 0.105. The van der Waals surface area contributed by atoms with Crippen molar-refractivity contribution >= 4 is 11.6 Å². The van der Waals surface area contributed by atoms with Crippen LogP contribution in [0.1, 0.15) is 10.4 Å². The van der Waals surface area contributed by atoms with Gasteiger partial charge in [-0.2, -0.15) is 0 Å². The molecule has 1 aliphatic heterocycles. The first-order chi connectivity index (χ1) is 11.3. The zero-order valence-electron chi connectivity index (χ0n) is 12.6. The molecule has 0 atom stereocenters. The van der Waals surface area contributed by atoms with Crippen LogP contribution in [0.3, 0.4) is 0 Å². The first kappa shape index (κ1) is 13.6. The molecule has 1 aromatic heterocycles. The van der Waals surface area contributed by atoms with Crippen molar-refractivity contribution in [3.8, 4) is 11.4 Å². The second-order valence-electron chi connectivity index (χ2n) is 5.41. The molecule has 1 aliphatic rings. The van der Waals surface area contributed by atoms with Gasteiger partial charge in [-0.15, -0.1) is 0 Å². The maximum absolute atomic E-state index is 12.9.